The summed E-state index contributed by atoms with van der Waals surface area (Å²) in [6.07, 6.45) is -5.81. The van der Waals surface area contributed by atoms with Crippen molar-refractivity contribution in [1.29, 1.82) is 0 Å². The molecule has 3 rings (SSSR count). The summed E-state index contributed by atoms with van der Waals surface area (Å²) in [6.45, 7) is 4.88. The number of halogens is 3. The van der Waals surface area contributed by atoms with E-state index in [0.29, 0.717) is 17.1 Å². The van der Waals surface area contributed by atoms with Crippen molar-refractivity contribution in [3.8, 4) is 17.2 Å². The molecule has 1 aliphatic heterocycles. The van der Waals surface area contributed by atoms with Gasteiger partial charge in [0.2, 0.25) is 5.91 Å². The fourth-order valence-electron chi connectivity index (χ4n) is 3.40. The first-order valence-electron chi connectivity index (χ1n) is 10.6. The highest BCUT2D eigenvalue weighted by Crippen LogP contribution is 2.39. The maximum atomic E-state index is 13.5. The zero-order chi connectivity index (χ0) is 25.1. The Bertz CT molecular complexity index is 1020. The zero-order valence-corrected chi connectivity index (χ0v) is 19.6. The van der Waals surface area contributed by atoms with E-state index >= 15 is 0 Å². The molecule has 1 heterocycles. The predicted octanol–water partition coefficient (Wildman–Crippen LogP) is 5.20. The van der Waals surface area contributed by atoms with Crippen molar-refractivity contribution in [2.45, 2.75) is 39.3 Å². The van der Waals surface area contributed by atoms with Gasteiger partial charge in [-0.3, -0.25) is 4.79 Å². The quantitative estimate of drug-likeness (QED) is 0.584. The van der Waals surface area contributed by atoms with E-state index in [-0.39, 0.29) is 24.7 Å². The molecule has 1 amide bonds. The van der Waals surface area contributed by atoms with Crippen LogP contribution in [0.2, 0.25) is 0 Å². The SMILES string of the molecule is COc1ccc(C2OCC(C)(C(=O)Nc3ccc(OC(C)C)c(C(F)(F)F)c3)CO2)cc1OC. The molecule has 0 spiro atoms. The summed E-state index contributed by atoms with van der Waals surface area (Å²) in [6, 6.07) is 8.61. The molecule has 0 aromatic heterocycles. The van der Waals surface area contributed by atoms with Crippen molar-refractivity contribution >= 4 is 11.6 Å². The van der Waals surface area contributed by atoms with Gasteiger partial charge < -0.3 is 29.0 Å². The van der Waals surface area contributed by atoms with Crippen LogP contribution in [0.5, 0.6) is 17.2 Å². The summed E-state index contributed by atoms with van der Waals surface area (Å²) in [5.74, 6) is 0.232. The van der Waals surface area contributed by atoms with Crippen LogP contribution in [0.3, 0.4) is 0 Å². The molecule has 1 fully saturated rings. The van der Waals surface area contributed by atoms with E-state index in [2.05, 4.69) is 5.32 Å². The van der Waals surface area contributed by atoms with Crippen LogP contribution in [0.15, 0.2) is 36.4 Å². The Kier molecular flexibility index (Phi) is 7.62. The summed E-state index contributed by atoms with van der Waals surface area (Å²) in [5, 5.41) is 2.54. The van der Waals surface area contributed by atoms with E-state index in [1.165, 1.54) is 26.4 Å². The number of nitrogens with one attached hydrogen (secondary N) is 1. The molecule has 0 bridgehead atoms. The highest BCUT2D eigenvalue weighted by atomic mass is 19.4. The summed E-state index contributed by atoms with van der Waals surface area (Å²) in [5.41, 5.74) is -1.40. The van der Waals surface area contributed by atoms with Gasteiger partial charge in [0.05, 0.1) is 44.5 Å². The molecule has 1 N–H and O–H groups in total. The number of benzene rings is 2. The number of rotatable bonds is 7. The zero-order valence-electron chi connectivity index (χ0n) is 19.6. The fourth-order valence-corrected chi connectivity index (χ4v) is 3.40. The number of methoxy groups -OCH3 is 2. The Morgan fingerprint density at radius 1 is 1.03 bits per heavy atom. The molecule has 10 heteroatoms. The molecular weight excluding hydrogens is 455 g/mol. The molecular formula is C24H28F3NO6. The molecule has 2 aromatic rings. The summed E-state index contributed by atoms with van der Waals surface area (Å²) in [7, 11) is 3.04. The molecule has 7 nitrogen and oxygen atoms in total. The van der Waals surface area contributed by atoms with E-state index in [9.17, 15) is 18.0 Å². The smallest absolute Gasteiger partial charge is 0.420 e. The highest BCUT2D eigenvalue weighted by Gasteiger charge is 2.41. The number of hydrogen-bond acceptors (Lipinski definition) is 6. The molecule has 0 unspecified atom stereocenters. The summed E-state index contributed by atoms with van der Waals surface area (Å²) in [4.78, 5) is 12.9. The summed E-state index contributed by atoms with van der Waals surface area (Å²) < 4.78 is 67.8. The van der Waals surface area contributed by atoms with Gasteiger partial charge in [0.1, 0.15) is 5.75 Å². The van der Waals surface area contributed by atoms with Crippen LogP contribution < -0.4 is 19.5 Å². The second kappa shape index (κ2) is 10.1. The van der Waals surface area contributed by atoms with Crippen LogP contribution in [-0.2, 0) is 20.4 Å². The lowest BCUT2D eigenvalue weighted by Gasteiger charge is -2.36. The molecule has 1 saturated heterocycles. The van der Waals surface area contributed by atoms with Gasteiger partial charge in [-0.05, 0) is 51.1 Å². The topological polar surface area (TPSA) is 75.3 Å². The van der Waals surface area contributed by atoms with Crippen molar-refractivity contribution in [3.63, 3.8) is 0 Å². The normalized spacial score (nSPS) is 20.7. The number of anilines is 1. The van der Waals surface area contributed by atoms with Crippen molar-refractivity contribution in [2.75, 3.05) is 32.8 Å². The minimum atomic E-state index is -4.64. The van der Waals surface area contributed by atoms with Crippen molar-refractivity contribution < 1.29 is 41.7 Å². The van der Waals surface area contributed by atoms with Crippen LogP contribution in [0.4, 0.5) is 18.9 Å². The third-order valence-electron chi connectivity index (χ3n) is 5.24. The number of alkyl halides is 3. The van der Waals surface area contributed by atoms with Gasteiger partial charge in [-0.25, -0.2) is 0 Å². The lowest BCUT2D eigenvalue weighted by molar-refractivity contribution is -0.226. The number of hydrogen-bond donors (Lipinski definition) is 1. The van der Waals surface area contributed by atoms with Gasteiger partial charge in [-0.2, -0.15) is 13.2 Å². The van der Waals surface area contributed by atoms with Crippen molar-refractivity contribution in [2.24, 2.45) is 5.41 Å². The molecule has 2 aromatic carbocycles. The fraction of sp³-hybridized carbons (Fsp3) is 0.458. The van der Waals surface area contributed by atoms with Crippen molar-refractivity contribution in [3.05, 3.63) is 47.5 Å². The van der Waals surface area contributed by atoms with Crippen molar-refractivity contribution in [1.82, 2.24) is 0 Å². The summed E-state index contributed by atoms with van der Waals surface area (Å²) >= 11 is 0. The van der Waals surface area contributed by atoms with Gasteiger partial charge in [-0.15, -0.1) is 0 Å². The largest absolute Gasteiger partial charge is 0.493 e. The lowest BCUT2D eigenvalue weighted by atomic mass is 9.90. The Morgan fingerprint density at radius 3 is 2.21 bits per heavy atom. The second-order valence-corrected chi connectivity index (χ2v) is 8.46. The van der Waals surface area contributed by atoms with Crippen LogP contribution >= 0.6 is 0 Å². The van der Waals surface area contributed by atoms with Gasteiger partial charge in [0.25, 0.3) is 0 Å². The van der Waals surface area contributed by atoms with Crippen LogP contribution in [-0.4, -0.2) is 39.4 Å². The van der Waals surface area contributed by atoms with Gasteiger partial charge in [0, 0.05) is 11.3 Å². The average Bonchev–Trinajstić information content (AvgIpc) is 2.79. The third kappa shape index (κ3) is 5.74. The minimum Gasteiger partial charge on any atom is -0.493 e. The molecule has 186 valence electrons. The minimum absolute atomic E-state index is 0.00147. The highest BCUT2D eigenvalue weighted by molar-refractivity contribution is 5.95. The van der Waals surface area contributed by atoms with E-state index in [1.807, 2.05) is 0 Å². The molecule has 0 aliphatic carbocycles. The second-order valence-electron chi connectivity index (χ2n) is 8.46. The first-order valence-corrected chi connectivity index (χ1v) is 10.6. The van der Waals surface area contributed by atoms with Gasteiger partial charge in [-0.1, -0.05) is 6.07 Å². The predicted molar refractivity (Wildman–Crippen MR) is 118 cm³/mol. The lowest BCUT2D eigenvalue weighted by Crippen LogP contribution is -2.45. The number of amides is 1. The average molecular weight is 483 g/mol. The third-order valence-corrected chi connectivity index (χ3v) is 5.24. The first kappa shape index (κ1) is 25.6. The number of carbonyl (C=O) groups excluding carboxylic acids is 1. The molecule has 1 aliphatic rings. The Labute approximate surface area is 196 Å². The molecule has 0 atom stereocenters. The Balaban J connectivity index is 1.70. The van der Waals surface area contributed by atoms with E-state index < -0.39 is 35.5 Å². The standard InChI is InChI=1S/C24H28F3NO6/c1-14(2)34-18-9-7-16(11-17(18)24(25,26)27)28-22(29)23(3)12-32-21(33-13-23)15-6-8-19(30-4)20(10-15)31-5/h6-11,14,21H,12-13H2,1-5H3,(H,28,29). The van der Waals surface area contributed by atoms with E-state index in [4.69, 9.17) is 23.7 Å². The maximum absolute atomic E-state index is 13.5. The van der Waals surface area contributed by atoms with Crippen LogP contribution in [0.1, 0.15) is 38.2 Å². The van der Waals surface area contributed by atoms with E-state index in [0.717, 1.165) is 6.07 Å². The van der Waals surface area contributed by atoms with E-state index in [1.54, 1.807) is 39.0 Å². The van der Waals surface area contributed by atoms with Crippen LogP contribution in [0.25, 0.3) is 0 Å². The molecule has 34 heavy (non-hydrogen) atoms. The Morgan fingerprint density at radius 2 is 1.65 bits per heavy atom. The monoisotopic (exact) mass is 483 g/mol. The van der Waals surface area contributed by atoms with Crippen LogP contribution in [0, 0.1) is 5.41 Å². The molecule has 0 radical (unpaired) electrons. The number of ether oxygens (including phenoxy) is 5. The maximum Gasteiger partial charge on any atom is 0.420 e. The van der Waals surface area contributed by atoms with Gasteiger partial charge >= 0.3 is 6.18 Å². The number of carbonyl (C=O) groups is 1. The first-order chi connectivity index (χ1) is 16.0. The van der Waals surface area contributed by atoms with Gasteiger partial charge in [0.15, 0.2) is 17.8 Å². The Hall–Kier alpha value is -2.98. The molecule has 0 saturated carbocycles.